The molecule has 0 unspecified atom stereocenters. The second-order valence-corrected chi connectivity index (χ2v) is 12.4. The lowest BCUT2D eigenvalue weighted by molar-refractivity contribution is -0.209. The van der Waals surface area contributed by atoms with Gasteiger partial charge < -0.3 is 28.8 Å². The molecule has 2 saturated heterocycles. The summed E-state index contributed by atoms with van der Waals surface area (Å²) in [6, 6.07) is 7.00. The molecule has 0 saturated carbocycles. The standard InChI is InChI=1S/C20H19F5O3.C11H11F3O3.C7H3F3O/c1-2-3-11-4-16(23)19(17(24)5-11)26-8-12-9-27-20(28-10-12)13-6-14(21)18(25)15(22)7-13;12-8-1-7(2-9(13)10(8)14)11-16-4-6(3-15)5-17-11;8-5-1-4(3-11)2-6(9)7(5)10/h4-7,12,20H,2-3,8-10H2,1H3;1-2,6,11,15H,3-5H2;1-3H. The van der Waals surface area contributed by atoms with Crippen molar-refractivity contribution in [3.05, 3.63) is 135 Å². The Hall–Kier alpha value is -4.62. The summed E-state index contributed by atoms with van der Waals surface area (Å²) in [6.45, 7) is 2.35. The summed E-state index contributed by atoms with van der Waals surface area (Å²) in [5, 5.41) is 8.84. The quantitative estimate of drug-likeness (QED) is 0.103. The van der Waals surface area contributed by atoms with E-state index in [0.717, 1.165) is 30.7 Å². The number of ether oxygens (including phenoxy) is 5. The van der Waals surface area contributed by atoms with Crippen molar-refractivity contribution in [2.75, 3.05) is 39.6 Å². The fraction of sp³-hybridized carbons (Fsp3) is 0.342. The molecule has 0 radical (unpaired) electrons. The van der Waals surface area contributed by atoms with Gasteiger partial charge in [0.1, 0.15) is 6.29 Å². The van der Waals surface area contributed by atoms with Gasteiger partial charge in [-0.3, -0.25) is 4.79 Å². The first-order valence-corrected chi connectivity index (χ1v) is 16.7. The van der Waals surface area contributed by atoms with E-state index >= 15 is 0 Å². The van der Waals surface area contributed by atoms with Gasteiger partial charge >= 0.3 is 0 Å². The highest BCUT2D eigenvalue weighted by Gasteiger charge is 2.28. The average molecular weight is 811 g/mol. The zero-order chi connectivity index (χ0) is 41.1. The maximum atomic E-state index is 14.1. The summed E-state index contributed by atoms with van der Waals surface area (Å²) >= 11 is 0. The molecule has 0 spiro atoms. The van der Waals surface area contributed by atoms with Crippen LogP contribution in [0.2, 0.25) is 0 Å². The van der Waals surface area contributed by atoms with Crippen LogP contribution in [0.25, 0.3) is 0 Å². The van der Waals surface area contributed by atoms with Crippen LogP contribution in [-0.4, -0.2) is 51.0 Å². The van der Waals surface area contributed by atoms with Gasteiger partial charge in [0.2, 0.25) is 0 Å². The number of hydrogen-bond donors (Lipinski definition) is 1. The Morgan fingerprint density at radius 1 is 0.589 bits per heavy atom. The lowest BCUT2D eigenvalue weighted by atomic mass is 10.1. The SMILES string of the molecule is CCCc1cc(F)c(OCC2COC(c3cc(F)c(F)c(F)c3)OC2)c(F)c1.O=Cc1cc(F)c(F)c(F)c1.OCC1COC(c2cc(F)c(F)c(F)c2)OC1. The first kappa shape index (κ1) is 44.1. The van der Waals surface area contributed by atoms with E-state index in [-0.39, 0.29) is 74.5 Å². The molecule has 0 atom stereocenters. The van der Waals surface area contributed by atoms with Gasteiger partial charge in [-0.1, -0.05) is 13.3 Å². The van der Waals surface area contributed by atoms with Crippen LogP contribution in [0.1, 0.15) is 53.0 Å². The van der Waals surface area contributed by atoms with E-state index in [2.05, 4.69) is 0 Å². The maximum absolute atomic E-state index is 14.1. The van der Waals surface area contributed by atoms with Gasteiger partial charge in [0.25, 0.3) is 0 Å². The highest BCUT2D eigenvalue weighted by molar-refractivity contribution is 5.74. The highest BCUT2D eigenvalue weighted by atomic mass is 19.2. The molecule has 304 valence electrons. The third-order valence-electron chi connectivity index (χ3n) is 7.95. The summed E-state index contributed by atoms with van der Waals surface area (Å²) in [5.41, 5.74) is 0.411. The molecule has 1 N–H and O–H groups in total. The number of aliphatic hydroxyl groups excluding tert-OH is 1. The molecule has 0 amide bonds. The first-order chi connectivity index (χ1) is 26.6. The molecular weight excluding hydrogens is 777 g/mol. The van der Waals surface area contributed by atoms with Crippen LogP contribution in [0, 0.1) is 75.8 Å². The van der Waals surface area contributed by atoms with Crippen molar-refractivity contribution in [2.24, 2.45) is 11.8 Å². The minimum absolute atomic E-state index is 0.000583. The molecule has 0 bridgehead atoms. The van der Waals surface area contributed by atoms with Crippen LogP contribution in [-0.2, 0) is 25.4 Å². The molecule has 2 fully saturated rings. The normalized spacial score (nSPS) is 19.3. The zero-order valence-corrected chi connectivity index (χ0v) is 29.2. The molecule has 56 heavy (non-hydrogen) atoms. The van der Waals surface area contributed by atoms with Crippen LogP contribution in [0.4, 0.5) is 48.3 Å². The fourth-order valence-corrected chi connectivity index (χ4v) is 5.12. The Labute approximate surface area is 312 Å². The van der Waals surface area contributed by atoms with Gasteiger partial charge in [-0.25, -0.2) is 48.3 Å². The van der Waals surface area contributed by atoms with Crippen molar-refractivity contribution in [1.29, 1.82) is 0 Å². The summed E-state index contributed by atoms with van der Waals surface area (Å²) in [7, 11) is 0. The molecule has 4 aromatic rings. The Bertz CT molecular complexity index is 1860. The summed E-state index contributed by atoms with van der Waals surface area (Å²) in [4.78, 5) is 9.97. The second-order valence-electron chi connectivity index (χ2n) is 12.4. The van der Waals surface area contributed by atoms with Crippen molar-refractivity contribution >= 4 is 6.29 Å². The Morgan fingerprint density at radius 3 is 1.32 bits per heavy atom. The van der Waals surface area contributed by atoms with Crippen LogP contribution >= 0.6 is 0 Å². The number of aryl methyl sites for hydroxylation is 1. The van der Waals surface area contributed by atoms with Gasteiger partial charge in [-0.05, 0) is 60.5 Å². The molecule has 18 heteroatoms. The predicted molar refractivity (Wildman–Crippen MR) is 174 cm³/mol. The van der Waals surface area contributed by atoms with Gasteiger partial charge in [-0.15, -0.1) is 0 Å². The first-order valence-electron chi connectivity index (χ1n) is 16.7. The Morgan fingerprint density at radius 2 is 0.964 bits per heavy atom. The van der Waals surface area contributed by atoms with E-state index in [4.69, 9.17) is 28.8 Å². The summed E-state index contributed by atoms with van der Waals surface area (Å²) in [5.74, 6) is -15.1. The minimum Gasteiger partial charge on any atom is -0.487 e. The number of aldehydes is 1. The summed E-state index contributed by atoms with van der Waals surface area (Å²) < 4.78 is 169. The van der Waals surface area contributed by atoms with E-state index in [1.807, 2.05) is 6.92 Å². The largest absolute Gasteiger partial charge is 0.487 e. The lowest BCUT2D eigenvalue weighted by Gasteiger charge is -2.29. The van der Waals surface area contributed by atoms with E-state index in [0.29, 0.717) is 24.1 Å². The predicted octanol–water partition coefficient (Wildman–Crippen LogP) is 8.75. The topological polar surface area (TPSA) is 83.5 Å². The molecule has 0 aliphatic carbocycles. The number of carbonyl (C=O) groups is 1. The number of benzene rings is 4. The van der Waals surface area contributed by atoms with Gasteiger partial charge in [-0.2, -0.15) is 0 Å². The lowest BCUT2D eigenvalue weighted by Crippen LogP contribution is -2.31. The summed E-state index contributed by atoms with van der Waals surface area (Å²) in [6.07, 6.45) is -0.431. The van der Waals surface area contributed by atoms with Gasteiger partial charge in [0, 0.05) is 28.5 Å². The number of hydrogen-bond acceptors (Lipinski definition) is 7. The zero-order valence-electron chi connectivity index (χ0n) is 29.2. The molecule has 2 aliphatic heterocycles. The number of halogens is 11. The molecule has 0 aromatic heterocycles. The van der Waals surface area contributed by atoms with Crippen LogP contribution in [0.5, 0.6) is 5.75 Å². The smallest absolute Gasteiger partial charge is 0.194 e. The van der Waals surface area contributed by atoms with Crippen molar-refractivity contribution in [2.45, 2.75) is 32.3 Å². The molecule has 2 aliphatic rings. The van der Waals surface area contributed by atoms with Gasteiger partial charge in [0.15, 0.2) is 82.3 Å². The molecule has 6 rings (SSSR count). The van der Waals surface area contributed by atoms with E-state index in [1.54, 1.807) is 0 Å². The maximum Gasteiger partial charge on any atom is 0.194 e. The average Bonchev–Trinajstić information content (AvgIpc) is 3.18. The third kappa shape index (κ3) is 11.7. The Kier molecular flexibility index (Phi) is 16.2. The monoisotopic (exact) mass is 810 g/mol. The van der Waals surface area contributed by atoms with Crippen LogP contribution in [0.15, 0.2) is 48.5 Å². The van der Waals surface area contributed by atoms with Crippen LogP contribution < -0.4 is 4.74 Å². The minimum atomic E-state index is -1.57. The number of aliphatic hydroxyl groups is 1. The van der Waals surface area contributed by atoms with Crippen molar-refractivity contribution in [1.82, 2.24) is 0 Å². The Balaban J connectivity index is 0.000000210. The highest BCUT2D eigenvalue weighted by Crippen LogP contribution is 2.30. The molecule has 7 nitrogen and oxygen atoms in total. The van der Waals surface area contributed by atoms with Gasteiger partial charge in [0.05, 0.1) is 39.6 Å². The van der Waals surface area contributed by atoms with E-state index < -0.39 is 82.3 Å². The molecule has 2 heterocycles. The van der Waals surface area contributed by atoms with Crippen molar-refractivity contribution in [3.8, 4) is 5.75 Å². The van der Waals surface area contributed by atoms with Crippen molar-refractivity contribution < 1.29 is 81.9 Å². The van der Waals surface area contributed by atoms with E-state index in [1.165, 1.54) is 12.1 Å². The molecular formula is C38H33F11O7. The van der Waals surface area contributed by atoms with E-state index in [9.17, 15) is 53.1 Å². The van der Waals surface area contributed by atoms with Crippen LogP contribution in [0.3, 0.4) is 0 Å². The second kappa shape index (κ2) is 20.5. The number of rotatable bonds is 9. The fourth-order valence-electron chi connectivity index (χ4n) is 5.12. The third-order valence-corrected chi connectivity index (χ3v) is 7.95. The molecule has 4 aromatic carbocycles. The van der Waals surface area contributed by atoms with Crippen molar-refractivity contribution in [3.63, 3.8) is 0 Å². The number of carbonyl (C=O) groups excluding carboxylic acids is 1.